The van der Waals surface area contributed by atoms with Crippen LogP contribution in [0, 0.1) is 0 Å². The van der Waals surface area contributed by atoms with E-state index in [0.717, 1.165) is 18.7 Å². The van der Waals surface area contributed by atoms with E-state index in [2.05, 4.69) is 17.0 Å². The zero-order chi connectivity index (χ0) is 14.0. The lowest BCUT2D eigenvalue weighted by Gasteiger charge is -2.40. The number of hydrogen-bond acceptors (Lipinski definition) is 2. The quantitative estimate of drug-likeness (QED) is 0.907. The molecule has 0 radical (unpaired) electrons. The molecule has 0 atom stereocenters. The molecular formula is C17H18ClNO. The Bertz CT molecular complexity index is 577. The predicted octanol–water partition coefficient (Wildman–Crippen LogP) is 3.83. The lowest BCUT2D eigenvalue weighted by Crippen LogP contribution is -2.42. The van der Waals surface area contributed by atoms with Crippen molar-refractivity contribution in [2.75, 3.05) is 18.0 Å². The third-order valence-electron chi connectivity index (χ3n) is 4.09. The van der Waals surface area contributed by atoms with Crippen LogP contribution in [0.15, 0.2) is 54.6 Å². The van der Waals surface area contributed by atoms with E-state index in [0.29, 0.717) is 17.9 Å². The van der Waals surface area contributed by atoms with Gasteiger partial charge < -0.3 is 10.0 Å². The molecule has 20 heavy (non-hydrogen) atoms. The van der Waals surface area contributed by atoms with E-state index in [9.17, 15) is 5.11 Å². The predicted molar refractivity (Wildman–Crippen MR) is 83.2 cm³/mol. The van der Waals surface area contributed by atoms with Gasteiger partial charge in [-0.2, -0.15) is 0 Å². The molecule has 1 fully saturated rings. The van der Waals surface area contributed by atoms with Gasteiger partial charge in [-0.1, -0.05) is 48.0 Å². The molecule has 3 rings (SSSR count). The number of anilines is 1. The lowest BCUT2D eigenvalue weighted by molar-refractivity contribution is 0.0119. The summed E-state index contributed by atoms with van der Waals surface area (Å²) in [6.45, 7) is 1.68. The van der Waals surface area contributed by atoms with Crippen LogP contribution in [0.3, 0.4) is 0 Å². The summed E-state index contributed by atoms with van der Waals surface area (Å²) in [5.74, 6) is 0. The molecule has 0 aromatic heterocycles. The second-order valence-electron chi connectivity index (χ2n) is 5.33. The largest absolute Gasteiger partial charge is 0.385 e. The number of para-hydroxylation sites is 1. The normalized spacial score (nSPS) is 18.0. The highest BCUT2D eigenvalue weighted by molar-refractivity contribution is 6.31. The summed E-state index contributed by atoms with van der Waals surface area (Å²) in [7, 11) is 0. The Morgan fingerprint density at radius 2 is 1.50 bits per heavy atom. The fraction of sp³-hybridized carbons (Fsp3) is 0.294. The Labute approximate surface area is 124 Å². The molecule has 0 bridgehead atoms. The van der Waals surface area contributed by atoms with E-state index in [4.69, 9.17) is 11.6 Å². The van der Waals surface area contributed by atoms with Gasteiger partial charge in [-0.25, -0.2) is 0 Å². The summed E-state index contributed by atoms with van der Waals surface area (Å²) in [4.78, 5) is 2.31. The first-order chi connectivity index (χ1) is 9.69. The van der Waals surface area contributed by atoms with Gasteiger partial charge in [-0.15, -0.1) is 0 Å². The number of nitrogens with zero attached hydrogens (tertiary/aromatic N) is 1. The van der Waals surface area contributed by atoms with Gasteiger partial charge >= 0.3 is 0 Å². The minimum atomic E-state index is -0.802. The molecule has 0 unspecified atom stereocenters. The zero-order valence-electron chi connectivity index (χ0n) is 11.3. The highest BCUT2D eigenvalue weighted by atomic mass is 35.5. The van der Waals surface area contributed by atoms with Crippen molar-refractivity contribution in [1.29, 1.82) is 0 Å². The van der Waals surface area contributed by atoms with Gasteiger partial charge in [-0.05, 0) is 31.0 Å². The molecule has 1 aliphatic rings. The van der Waals surface area contributed by atoms with Crippen LogP contribution in [-0.2, 0) is 5.60 Å². The van der Waals surface area contributed by atoms with Crippen LogP contribution in [0.25, 0.3) is 0 Å². The molecule has 2 aromatic rings. The van der Waals surface area contributed by atoms with Crippen LogP contribution in [0.1, 0.15) is 18.4 Å². The van der Waals surface area contributed by atoms with Crippen LogP contribution in [-0.4, -0.2) is 18.2 Å². The molecule has 1 heterocycles. The van der Waals surface area contributed by atoms with Gasteiger partial charge in [0, 0.05) is 29.4 Å². The second kappa shape index (κ2) is 5.47. The van der Waals surface area contributed by atoms with E-state index in [1.807, 2.05) is 42.5 Å². The Hall–Kier alpha value is -1.51. The minimum absolute atomic E-state index is 0.656. The number of aliphatic hydroxyl groups is 1. The molecule has 1 saturated heterocycles. The molecular weight excluding hydrogens is 270 g/mol. The number of halogens is 1. The first-order valence-corrected chi connectivity index (χ1v) is 7.34. The molecule has 104 valence electrons. The van der Waals surface area contributed by atoms with Crippen molar-refractivity contribution in [2.24, 2.45) is 0 Å². The maximum Gasteiger partial charge on any atom is 0.0944 e. The van der Waals surface area contributed by atoms with Crippen LogP contribution in [0.4, 0.5) is 5.69 Å². The van der Waals surface area contributed by atoms with Crippen molar-refractivity contribution in [1.82, 2.24) is 0 Å². The molecule has 1 aliphatic heterocycles. The summed E-state index contributed by atoms with van der Waals surface area (Å²) in [6, 6.07) is 17.9. The minimum Gasteiger partial charge on any atom is -0.385 e. The van der Waals surface area contributed by atoms with Crippen LogP contribution in [0.5, 0.6) is 0 Å². The smallest absolute Gasteiger partial charge is 0.0944 e. The fourth-order valence-electron chi connectivity index (χ4n) is 2.88. The van der Waals surface area contributed by atoms with E-state index in [-0.39, 0.29) is 0 Å². The Balaban J connectivity index is 1.77. The summed E-state index contributed by atoms with van der Waals surface area (Å²) >= 11 is 6.23. The third kappa shape index (κ3) is 2.54. The van der Waals surface area contributed by atoms with Crippen molar-refractivity contribution in [2.45, 2.75) is 18.4 Å². The first-order valence-electron chi connectivity index (χ1n) is 6.96. The van der Waals surface area contributed by atoms with E-state index < -0.39 is 5.60 Å². The Morgan fingerprint density at radius 1 is 0.900 bits per heavy atom. The molecule has 2 aromatic carbocycles. The van der Waals surface area contributed by atoms with E-state index >= 15 is 0 Å². The topological polar surface area (TPSA) is 23.5 Å². The lowest BCUT2D eigenvalue weighted by atomic mass is 9.84. The number of rotatable bonds is 2. The van der Waals surface area contributed by atoms with Gasteiger partial charge in [0.25, 0.3) is 0 Å². The standard InChI is InChI=1S/C17H18ClNO/c18-16-9-5-4-8-15(16)17(20)10-12-19(13-11-17)14-6-2-1-3-7-14/h1-9,20H,10-13H2. The average molecular weight is 288 g/mol. The molecule has 1 N–H and O–H groups in total. The van der Waals surface area contributed by atoms with Crippen molar-refractivity contribution < 1.29 is 5.11 Å². The SMILES string of the molecule is OC1(c2ccccc2Cl)CCN(c2ccccc2)CC1. The van der Waals surface area contributed by atoms with Crippen LogP contribution in [0.2, 0.25) is 5.02 Å². The van der Waals surface area contributed by atoms with Gasteiger partial charge in [0.1, 0.15) is 0 Å². The van der Waals surface area contributed by atoms with Gasteiger partial charge in [0.15, 0.2) is 0 Å². The van der Waals surface area contributed by atoms with Crippen molar-refractivity contribution in [3.63, 3.8) is 0 Å². The number of piperidine rings is 1. The Kier molecular flexibility index (Phi) is 3.68. The molecule has 2 nitrogen and oxygen atoms in total. The fourth-order valence-corrected chi connectivity index (χ4v) is 3.19. The first kappa shape index (κ1) is 13.5. The highest BCUT2D eigenvalue weighted by Gasteiger charge is 2.35. The van der Waals surface area contributed by atoms with E-state index in [1.165, 1.54) is 5.69 Å². The summed E-state index contributed by atoms with van der Waals surface area (Å²) < 4.78 is 0. The van der Waals surface area contributed by atoms with Crippen molar-refractivity contribution >= 4 is 17.3 Å². The maximum atomic E-state index is 10.9. The Morgan fingerprint density at radius 3 is 2.15 bits per heavy atom. The summed E-state index contributed by atoms with van der Waals surface area (Å²) in [6.07, 6.45) is 1.40. The zero-order valence-corrected chi connectivity index (χ0v) is 12.1. The number of benzene rings is 2. The van der Waals surface area contributed by atoms with Gasteiger partial charge in [-0.3, -0.25) is 0 Å². The molecule has 0 spiro atoms. The highest BCUT2D eigenvalue weighted by Crippen LogP contribution is 2.37. The second-order valence-corrected chi connectivity index (χ2v) is 5.74. The average Bonchev–Trinajstić information content (AvgIpc) is 2.49. The third-order valence-corrected chi connectivity index (χ3v) is 4.42. The maximum absolute atomic E-state index is 10.9. The van der Waals surface area contributed by atoms with Gasteiger partial charge in [0.05, 0.1) is 5.60 Å². The molecule has 0 amide bonds. The van der Waals surface area contributed by atoms with Crippen LogP contribution >= 0.6 is 11.6 Å². The van der Waals surface area contributed by atoms with E-state index in [1.54, 1.807) is 0 Å². The monoisotopic (exact) mass is 287 g/mol. The molecule has 0 aliphatic carbocycles. The summed E-state index contributed by atoms with van der Waals surface area (Å²) in [5, 5.41) is 11.5. The molecule has 0 saturated carbocycles. The molecule has 3 heteroatoms. The van der Waals surface area contributed by atoms with Gasteiger partial charge in [0.2, 0.25) is 0 Å². The van der Waals surface area contributed by atoms with Crippen molar-refractivity contribution in [3.05, 3.63) is 65.2 Å². The summed E-state index contributed by atoms with van der Waals surface area (Å²) in [5.41, 5.74) is 1.27. The number of hydrogen-bond donors (Lipinski definition) is 1. The van der Waals surface area contributed by atoms with Crippen molar-refractivity contribution in [3.8, 4) is 0 Å². The van der Waals surface area contributed by atoms with Crippen LogP contribution < -0.4 is 4.90 Å².